The molecule has 0 amide bonds. The Morgan fingerprint density at radius 2 is 2.13 bits per heavy atom. The van der Waals surface area contributed by atoms with Crippen LogP contribution in [0.4, 0.5) is 11.8 Å². The van der Waals surface area contributed by atoms with Crippen LogP contribution in [-0.2, 0) is 0 Å². The van der Waals surface area contributed by atoms with Crippen LogP contribution in [0.2, 0.25) is 5.02 Å². The number of hydrogen-bond acceptors (Lipinski definition) is 9. The molecule has 0 radical (unpaired) electrons. The second-order valence-electron chi connectivity index (χ2n) is 8.50. The number of hydrogen-bond donors (Lipinski definition) is 5. The predicted molar refractivity (Wildman–Crippen MR) is 123 cm³/mol. The van der Waals surface area contributed by atoms with Crippen molar-refractivity contribution in [1.82, 2.24) is 19.6 Å². The van der Waals surface area contributed by atoms with Gasteiger partial charge in [0.05, 0.1) is 18.0 Å². The summed E-state index contributed by atoms with van der Waals surface area (Å²) in [5.74, 6) is 2.50. The maximum Gasteiger partial charge on any atom is 0.229 e. The van der Waals surface area contributed by atoms with Gasteiger partial charge in [-0.15, -0.1) is 0 Å². The maximum atomic E-state index is 9.32. The third-order valence-corrected chi connectivity index (χ3v) is 7.35. The van der Waals surface area contributed by atoms with Crippen molar-refractivity contribution in [3.8, 4) is 0 Å². The first-order valence-electron chi connectivity index (χ1n) is 10.6. The van der Waals surface area contributed by atoms with E-state index in [-0.39, 0.29) is 0 Å². The standard InChI is InChI=1S/C20H30ClN7OS/c1-12(29)7-23-8-16(6-22)26-20-24-9-18(21)19(27-20)25-15-4-13-10-28(11-14(13)5-15)30-17-2-3-17/h6,8-9,12-15,17,22-23,29H,2-5,7,10-11H2,1H3,(H2,24,25,26,27)/b16-8+,22-6?. The lowest BCUT2D eigenvalue weighted by molar-refractivity contribution is 0.196. The SMILES string of the molecule is CC(O)CN/C=C(\C=N)Nc1ncc(Cl)c(NC2CC3CN(SC4CC4)CC3C2)n1. The van der Waals surface area contributed by atoms with Gasteiger partial charge in [-0.05, 0) is 44.4 Å². The third kappa shape index (κ3) is 5.78. The monoisotopic (exact) mass is 451 g/mol. The number of rotatable bonds is 10. The lowest BCUT2D eigenvalue weighted by Crippen LogP contribution is -2.22. The molecule has 1 aromatic rings. The topological polar surface area (TPSA) is 109 Å². The Kier molecular flexibility index (Phi) is 7.02. The Morgan fingerprint density at radius 1 is 1.40 bits per heavy atom. The zero-order valence-corrected chi connectivity index (χ0v) is 18.7. The van der Waals surface area contributed by atoms with E-state index in [0.717, 1.165) is 29.9 Å². The minimum absolute atomic E-state index is 0.374. The van der Waals surface area contributed by atoms with Crippen molar-refractivity contribution < 1.29 is 5.11 Å². The highest BCUT2D eigenvalue weighted by atomic mass is 35.5. The largest absolute Gasteiger partial charge is 0.392 e. The van der Waals surface area contributed by atoms with Crippen molar-refractivity contribution in [3.05, 3.63) is 23.1 Å². The Labute approximate surface area is 186 Å². The van der Waals surface area contributed by atoms with Gasteiger partial charge in [-0.2, -0.15) is 4.98 Å². The fourth-order valence-electron chi connectivity index (χ4n) is 4.15. The van der Waals surface area contributed by atoms with E-state index >= 15 is 0 Å². The molecule has 4 rings (SSSR count). The zero-order chi connectivity index (χ0) is 21.1. The molecule has 30 heavy (non-hydrogen) atoms. The molecule has 164 valence electrons. The van der Waals surface area contributed by atoms with E-state index in [9.17, 15) is 5.11 Å². The van der Waals surface area contributed by atoms with E-state index in [1.165, 1.54) is 32.1 Å². The number of anilines is 2. The van der Waals surface area contributed by atoms with E-state index in [4.69, 9.17) is 17.0 Å². The van der Waals surface area contributed by atoms with E-state index in [0.29, 0.717) is 35.1 Å². The molecule has 2 heterocycles. The Balaban J connectivity index is 1.32. The summed E-state index contributed by atoms with van der Waals surface area (Å²) < 4.78 is 2.58. The first-order valence-corrected chi connectivity index (χ1v) is 11.8. The lowest BCUT2D eigenvalue weighted by Gasteiger charge is -2.19. The molecular weight excluding hydrogens is 422 g/mol. The molecule has 8 nitrogen and oxygen atoms in total. The van der Waals surface area contributed by atoms with Gasteiger partial charge >= 0.3 is 0 Å². The molecule has 2 saturated carbocycles. The number of allylic oxidation sites excluding steroid dienone is 1. The van der Waals surface area contributed by atoms with E-state index in [2.05, 4.69) is 42.2 Å². The molecule has 1 aromatic heterocycles. The summed E-state index contributed by atoms with van der Waals surface area (Å²) in [6.45, 7) is 4.48. The van der Waals surface area contributed by atoms with Gasteiger partial charge < -0.3 is 26.5 Å². The third-order valence-electron chi connectivity index (χ3n) is 5.71. The molecule has 0 spiro atoms. The highest BCUT2D eigenvalue weighted by Gasteiger charge is 2.42. The fourth-order valence-corrected chi connectivity index (χ4v) is 5.62. The average Bonchev–Trinajstić information content (AvgIpc) is 3.32. The van der Waals surface area contributed by atoms with Gasteiger partial charge in [-0.1, -0.05) is 23.5 Å². The Morgan fingerprint density at radius 3 is 2.77 bits per heavy atom. The van der Waals surface area contributed by atoms with E-state index in [1.54, 1.807) is 19.3 Å². The van der Waals surface area contributed by atoms with Crippen LogP contribution >= 0.6 is 23.5 Å². The summed E-state index contributed by atoms with van der Waals surface area (Å²) in [4.78, 5) is 8.74. The molecule has 0 aromatic carbocycles. The molecule has 3 aliphatic rings. The van der Waals surface area contributed by atoms with Crippen LogP contribution in [0.5, 0.6) is 0 Å². The Hall–Kier alpha value is -1.55. The molecule has 3 unspecified atom stereocenters. The van der Waals surface area contributed by atoms with Crippen molar-refractivity contribution >= 4 is 41.5 Å². The summed E-state index contributed by atoms with van der Waals surface area (Å²) >= 11 is 8.42. The van der Waals surface area contributed by atoms with Crippen molar-refractivity contribution in [3.63, 3.8) is 0 Å². The van der Waals surface area contributed by atoms with Crippen LogP contribution < -0.4 is 16.0 Å². The normalized spacial score (nSPS) is 27.6. The van der Waals surface area contributed by atoms with Gasteiger partial charge in [-0.3, -0.25) is 0 Å². The van der Waals surface area contributed by atoms with Crippen molar-refractivity contribution in [2.45, 2.75) is 50.0 Å². The van der Waals surface area contributed by atoms with Gasteiger partial charge in [0.1, 0.15) is 5.02 Å². The molecule has 1 aliphatic heterocycles. The molecule has 3 atom stereocenters. The molecule has 10 heteroatoms. The molecule has 3 fully saturated rings. The van der Waals surface area contributed by atoms with E-state index < -0.39 is 6.10 Å². The molecule has 2 aliphatic carbocycles. The number of halogens is 1. The second-order valence-corrected chi connectivity index (χ2v) is 10.3. The first kappa shape index (κ1) is 21.7. The number of aliphatic hydroxyl groups excluding tert-OH is 1. The fraction of sp³-hybridized carbons (Fsp3) is 0.650. The quantitative estimate of drug-likeness (QED) is 0.273. The molecular formula is C20H30ClN7OS. The van der Waals surface area contributed by atoms with Crippen molar-refractivity contribution in [2.75, 3.05) is 30.3 Å². The number of aromatic nitrogens is 2. The van der Waals surface area contributed by atoms with Crippen LogP contribution in [0, 0.1) is 17.2 Å². The molecule has 0 bridgehead atoms. The summed E-state index contributed by atoms with van der Waals surface area (Å²) in [6.07, 6.45) is 8.95. The molecule has 5 N–H and O–H groups in total. The van der Waals surface area contributed by atoms with Crippen molar-refractivity contribution in [2.24, 2.45) is 11.8 Å². The summed E-state index contributed by atoms with van der Waals surface area (Å²) in [5, 5.41) is 27.7. The minimum atomic E-state index is -0.471. The summed E-state index contributed by atoms with van der Waals surface area (Å²) in [6, 6.07) is 0.374. The zero-order valence-electron chi connectivity index (χ0n) is 17.1. The van der Waals surface area contributed by atoms with Crippen LogP contribution in [-0.4, -0.2) is 62.6 Å². The van der Waals surface area contributed by atoms with Crippen LogP contribution in [0.3, 0.4) is 0 Å². The number of aliphatic hydroxyl groups is 1. The van der Waals surface area contributed by atoms with Crippen LogP contribution in [0.1, 0.15) is 32.6 Å². The van der Waals surface area contributed by atoms with Gasteiger partial charge in [0.2, 0.25) is 5.95 Å². The van der Waals surface area contributed by atoms with Gasteiger partial charge in [-0.25, -0.2) is 9.29 Å². The highest BCUT2D eigenvalue weighted by molar-refractivity contribution is 7.97. The smallest absolute Gasteiger partial charge is 0.229 e. The Bertz CT molecular complexity index is 774. The average molecular weight is 452 g/mol. The van der Waals surface area contributed by atoms with E-state index in [1.807, 2.05) is 0 Å². The molecule has 1 saturated heterocycles. The van der Waals surface area contributed by atoms with Crippen LogP contribution in [0.15, 0.2) is 18.1 Å². The second kappa shape index (κ2) is 9.72. The van der Waals surface area contributed by atoms with Gasteiger partial charge in [0, 0.05) is 43.3 Å². The van der Waals surface area contributed by atoms with Crippen molar-refractivity contribution in [1.29, 1.82) is 5.41 Å². The summed E-state index contributed by atoms with van der Waals surface area (Å²) in [7, 11) is 0. The number of fused-ring (bicyclic) bond motifs is 1. The first-order chi connectivity index (χ1) is 14.5. The number of nitrogens with zero attached hydrogens (tertiary/aromatic N) is 3. The summed E-state index contributed by atoms with van der Waals surface area (Å²) in [5.41, 5.74) is 0.493. The lowest BCUT2D eigenvalue weighted by atomic mass is 10.0. The predicted octanol–water partition coefficient (Wildman–Crippen LogP) is 2.94. The highest BCUT2D eigenvalue weighted by Crippen LogP contribution is 2.45. The van der Waals surface area contributed by atoms with Gasteiger partial charge in [0.15, 0.2) is 5.82 Å². The number of nitrogens with one attached hydrogen (secondary N) is 4. The maximum absolute atomic E-state index is 9.32. The van der Waals surface area contributed by atoms with Gasteiger partial charge in [0.25, 0.3) is 0 Å². The van der Waals surface area contributed by atoms with Crippen LogP contribution in [0.25, 0.3) is 0 Å². The minimum Gasteiger partial charge on any atom is -0.392 e.